The first-order valence-corrected chi connectivity index (χ1v) is 9.46. The van der Waals surface area contributed by atoms with E-state index in [0.717, 1.165) is 40.6 Å². The minimum absolute atomic E-state index is 0.0135. The Bertz CT molecular complexity index is 970. The number of fused-ring (bicyclic) bond motifs is 1. The van der Waals surface area contributed by atoms with Gasteiger partial charge in [0.05, 0.1) is 24.0 Å². The van der Waals surface area contributed by atoms with Gasteiger partial charge in [0.2, 0.25) is 11.8 Å². The monoisotopic (exact) mass is 383 g/mol. The highest BCUT2D eigenvalue weighted by atomic mass is 32.1. The Morgan fingerprint density at radius 2 is 1.67 bits per heavy atom. The van der Waals surface area contributed by atoms with E-state index in [-0.39, 0.29) is 18.4 Å². The Kier molecular flexibility index (Phi) is 5.97. The van der Waals surface area contributed by atoms with Crippen LogP contribution in [0.2, 0.25) is 0 Å². The lowest BCUT2D eigenvalue weighted by Crippen LogP contribution is -2.22. The molecule has 0 aliphatic carbocycles. The molecule has 0 aliphatic heterocycles. The van der Waals surface area contributed by atoms with Crippen LogP contribution < -0.4 is 16.0 Å². The number of rotatable bonds is 7. The Morgan fingerprint density at radius 1 is 0.963 bits per heavy atom. The maximum Gasteiger partial charge on any atom is 0.243 e. The third-order valence-electron chi connectivity index (χ3n) is 4.08. The zero-order valence-corrected chi connectivity index (χ0v) is 16.0. The number of hydrogen-bond donors (Lipinski definition) is 3. The van der Waals surface area contributed by atoms with Gasteiger partial charge < -0.3 is 16.0 Å². The van der Waals surface area contributed by atoms with Crippen LogP contribution in [-0.2, 0) is 9.59 Å². The van der Waals surface area contributed by atoms with Gasteiger partial charge in [-0.15, -0.1) is 0 Å². The largest absolute Gasteiger partial charge is 0.376 e. The average Bonchev–Trinajstić information content (AvgIpc) is 3.12. The van der Waals surface area contributed by atoms with Crippen molar-refractivity contribution in [2.24, 2.45) is 0 Å². The Balaban J connectivity index is 1.63. The fourth-order valence-corrected chi connectivity index (χ4v) is 3.23. The number of carbonyl (C=O) groups is 2. The molecule has 0 aliphatic rings. The second-order valence-electron chi connectivity index (χ2n) is 6.12. The predicted octanol–water partition coefficient (Wildman–Crippen LogP) is 3.79. The highest BCUT2D eigenvalue weighted by Crippen LogP contribution is 2.24. The number of hydrogen-bond acceptors (Lipinski definition) is 6. The number of anilines is 3. The number of aromatic nitrogens is 2. The number of nitrogens with one attached hydrogen (secondary N) is 3. The predicted molar refractivity (Wildman–Crippen MR) is 109 cm³/mol. The molecule has 0 atom stereocenters. The van der Waals surface area contributed by atoms with E-state index < -0.39 is 0 Å². The summed E-state index contributed by atoms with van der Waals surface area (Å²) in [6.07, 6.45) is 1.28. The molecule has 1 aromatic heterocycles. The third-order valence-corrected chi connectivity index (χ3v) is 4.63. The van der Waals surface area contributed by atoms with E-state index in [1.807, 2.05) is 44.2 Å². The van der Waals surface area contributed by atoms with Crippen molar-refractivity contribution in [2.45, 2.75) is 26.7 Å². The molecule has 2 aromatic carbocycles. The summed E-state index contributed by atoms with van der Waals surface area (Å²) in [5.41, 5.74) is 4.53. The van der Waals surface area contributed by atoms with Crippen LogP contribution in [0.25, 0.3) is 11.0 Å². The summed E-state index contributed by atoms with van der Waals surface area (Å²) >= 11 is 1.11. The van der Waals surface area contributed by atoms with E-state index in [0.29, 0.717) is 17.6 Å². The van der Waals surface area contributed by atoms with Crippen LogP contribution >= 0.6 is 11.7 Å². The summed E-state index contributed by atoms with van der Waals surface area (Å²) in [5.74, 6) is -0.198. The van der Waals surface area contributed by atoms with E-state index in [2.05, 4.69) is 24.7 Å². The molecule has 0 bridgehead atoms. The smallest absolute Gasteiger partial charge is 0.243 e. The molecule has 0 spiro atoms. The first-order chi connectivity index (χ1) is 13.1. The van der Waals surface area contributed by atoms with Crippen LogP contribution in [0.3, 0.4) is 0 Å². The molecular formula is C19H21N5O2S. The molecule has 3 aromatic rings. The first kappa shape index (κ1) is 18.8. The molecule has 2 amide bonds. The van der Waals surface area contributed by atoms with Gasteiger partial charge in [0, 0.05) is 17.8 Å². The van der Waals surface area contributed by atoms with Gasteiger partial charge in [-0.2, -0.15) is 8.75 Å². The van der Waals surface area contributed by atoms with Crippen molar-refractivity contribution in [3.05, 3.63) is 42.0 Å². The number of nitrogens with zero attached hydrogens (tertiary/aromatic N) is 2. The van der Waals surface area contributed by atoms with E-state index in [4.69, 9.17) is 0 Å². The van der Waals surface area contributed by atoms with Crippen molar-refractivity contribution in [3.63, 3.8) is 0 Å². The normalized spacial score (nSPS) is 10.6. The quantitative estimate of drug-likeness (QED) is 0.577. The summed E-state index contributed by atoms with van der Waals surface area (Å²) in [5, 5.41) is 8.88. The Hall–Kier alpha value is -3.00. The Morgan fingerprint density at radius 3 is 2.48 bits per heavy atom. The van der Waals surface area contributed by atoms with Crippen LogP contribution in [0.15, 0.2) is 36.4 Å². The molecule has 0 saturated heterocycles. The van der Waals surface area contributed by atoms with E-state index in [1.165, 1.54) is 0 Å². The van der Waals surface area contributed by atoms with Gasteiger partial charge in [-0.3, -0.25) is 9.59 Å². The zero-order chi connectivity index (χ0) is 19.2. The maximum atomic E-state index is 12.3. The van der Waals surface area contributed by atoms with Gasteiger partial charge >= 0.3 is 0 Å². The van der Waals surface area contributed by atoms with E-state index in [1.54, 1.807) is 6.07 Å². The molecule has 1 heterocycles. The number of carbonyl (C=O) groups excluding carboxylic acids is 2. The molecule has 0 fully saturated rings. The summed E-state index contributed by atoms with van der Waals surface area (Å²) in [4.78, 5) is 24.1. The second-order valence-corrected chi connectivity index (χ2v) is 6.64. The molecule has 0 saturated carbocycles. The lowest BCUT2D eigenvalue weighted by molar-refractivity contribution is -0.116. The second kappa shape index (κ2) is 8.59. The fourth-order valence-electron chi connectivity index (χ4n) is 2.68. The van der Waals surface area contributed by atoms with Crippen LogP contribution in [0, 0.1) is 6.92 Å². The molecular weight excluding hydrogens is 362 g/mol. The zero-order valence-electron chi connectivity index (χ0n) is 15.2. The van der Waals surface area contributed by atoms with Gasteiger partial charge in [-0.25, -0.2) is 0 Å². The number of amides is 2. The van der Waals surface area contributed by atoms with Gasteiger partial charge in [0.1, 0.15) is 11.0 Å². The van der Waals surface area contributed by atoms with Gasteiger partial charge in [0.15, 0.2) is 0 Å². The van der Waals surface area contributed by atoms with E-state index in [9.17, 15) is 9.59 Å². The molecule has 3 rings (SSSR count). The number of benzene rings is 2. The Labute approximate surface area is 161 Å². The SMILES string of the molecule is CCCC(=O)Nc1cccc(NCC(=O)Nc2cccc3nsnc23)c1C. The van der Waals surface area contributed by atoms with Crippen LogP contribution in [-0.4, -0.2) is 27.1 Å². The summed E-state index contributed by atoms with van der Waals surface area (Å²) in [6.45, 7) is 3.97. The minimum Gasteiger partial charge on any atom is -0.376 e. The molecule has 0 radical (unpaired) electrons. The van der Waals surface area contributed by atoms with Crippen LogP contribution in [0.4, 0.5) is 17.1 Å². The van der Waals surface area contributed by atoms with Crippen LogP contribution in [0.1, 0.15) is 25.3 Å². The summed E-state index contributed by atoms with van der Waals surface area (Å²) in [7, 11) is 0. The van der Waals surface area contributed by atoms with Gasteiger partial charge in [0.25, 0.3) is 0 Å². The van der Waals surface area contributed by atoms with Gasteiger partial charge in [-0.1, -0.05) is 19.1 Å². The maximum absolute atomic E-state index is 12.3. The van der Waals surface area contributed by atoms with Crippen molar-refractivity contribution in [1.82, 2.24) is 8.75 Å². The van der Waals surface area contributed by atoms with Crippen LogP contribution in [0.5, 0.6) is 0 Å². The van der Waals surface area contributed by atoms with Crippen molar-refractivity contribution >= 4 is 51.6 Å². The average molecular weight is 383 g/mol. The van der Waals surface area contributed by atoms with Crippen molar-refractivity contribution in [2.75, 3.05) is 22.5 Å². The highest BCUT2D eigenvalue weighted by molar-refractivity contribution is 7.00. The van der Waals surface area contributed by atoms with Crippen molar-refractivity contribution in [1.29, 1.82) is 0 Å². The molecule has 0 unspecified atom stereocenters. The van der Waals surface area contributed by atoms with Gasteiger partial charge in [-0.05, 0) is 43.2 Å². The molecule has 7 nitrogen and oxygen atoms in total. The minimum atomic E-state index is -0.185. The topological polar surface area (TPSA) is 96.0 Å². The highest BCUT2D eigenvalue weighted by Gasteiger charge is 2.11. The first-order valence-electron chi connectivity index (χ1n) is 8.73. The molecule has 3 N–H and O–H groups in total. The molecule has 8 heteroatoms. The van der Waals surface area contributed by atoms with E-state index >= 15 is 0 Å². The fraction of sp³-hybridized carbons (Fsp3) is 0.263. The van der Waals surface area contributed by atoms with Crippen molar-refractivity contribution < 1.29 is 9.59 Å². The summed E-state index contributed by atoms with van der Waals surface area (Å²) in [6, 6.07) is 11.1. The lowest BCUT2D eigenvalue weighted by atomic mass is 10.1. The molecule has 140 valence electrons. The standard InChI is InChI=1S/C19H21N5O2S/c1-3-6-17(25)21-14-8-4-7-13(12(14)2)20-11-18(26)22-15-9-5-10-16-19(15)24-27-23-16/h4-5,7-10,20H,3,6,11H2,1-2H3,(H,21,25)(H,22,26). The third kappa shape index (κ3) is 4.59. The summed E-state index contributed by atoms with van der Waals surface area (Å²) < 4.78 is 8.38. The van der Waals surface area contributed by atoms with Crippen molar-refractivity contribution in [3.8, 4) is 0 Å². The molecule has 27 heavy (non-hydrogen) atoms. The lowest BCUT2D eigenvalue weighted by Gasteiger charge is -2.14.